The fraction of sp³-hybridized carbons (Fsp3) is 0.176. The van der Waals surface area contributed by atoms with Crippen molar-refractivity contribution in [3.63, 3.8) is 0 Å². The average Bonchev–Trinajstić information content (AvgIpc) is 2.60. The Morgan fingerprint density at radius 1 is 1.16 bits per heavy atom. The second kappa shape index (κ2) is 8.20. The molecule has 0 aliphatic carbocycles. The van der Waals surface area contributed by atoms with Gasteiger partial charge in [0.2, 0.25) is 0 Å². The minimum atomic E-state index is -0.467. The van der Waals surface area contributed by atoms with E-state index in [0.717, 1.165) is 17.0 Å². The van der Waals surface area contributed by atoms with Crippen molar-refractivity contribution in [2.75, 3.05) is 24.3 Å². The molecule has 0 heterocycles. The lowest BCUT2D eigenvalue weighted by Gasteiger charge is -2.12. The molecule has 0 aliphatic heterocycles. The number of rotatable bonds is 5. The molecular weight excluding hydrogens is 338 g/mol. The van der Waals surface area contributed by atoms with E-state index >= 15 is 0 Å². The van der Waals surface area contributed by atoms with Crippen molar-refractivity contribution < 1.29 is 4.92 Å². The first kappa shape index (κ1) is 18.3. The molecule has 0 bridgehead atoms. The van der Waals surface area contributed by atoms with Crippen LogP contribution in [0, 0.1) is 10.1 Å². The smallest absolute Gasteiger partial charge is 0.292 e. The number of nitrogens with zero attached hydrogens (tertiary/aromatic N) is 3. The first-order valence-electron chi connectivity index (χ1n) is 7.51. The summed E-state index contributed by atoms with van der Waals surface area (Å²) in [4.78, 5) is 12.5. The van der Waals surface area contributed by atoms with Gasteiger partial charge in [0.15, 0.2) is 5.11 Å². The molecule has 0 saturated heterocycles. The normalized spacial score (nSPS) is 10.9. The number of para-hydroxylation sites is 2. The first-order chi connectivity index (χ1) is 11.9. The van der Waals surface area contributed by atoms with Crippen LogP contribution in [-0.2, 0) is 0 Å². The number of thiocarbonyl (C=S) groups is 1. The van der Waals surface area contributed by atoms with Crippen LogP contribution in [0.4, 0.5) is 17.1 Å². The third kappa shape index (κ3) is 4.98. The summed E-state index contributed by atoms with van der Waals surface area (Å²) in [6, 6.07) is 14.2. The summed E-state index contributed by atoms with van der Waals surface area (Å²) in [6.07, 6.45) is 0. The predicted molar refractivity (Wildman–Crippen MR) is 105 cm³/mol. The van der Waals surface area contributed by atoms with Gasteiger partial charge in [-0.05, 0) is 42.9 Å². The minimum absolute atomic E-state index is 0.0494. The number of hydrogen-bond donors (Lipinski definition) is 2. The van der Waals surface area contributed by atoms with Gasteiger partial charge in [0.25, 0.3) is 5.69 Å². The van der Waals surface area contributed by atoms with Crippen molar-refractivity contribution in [2.45, 2.75) is 6.92 Å². The number of benzene rings is 2. The first-order valence-corrected chi connectivity index (χ1v) is 7.92. The van der Waals surface area contributed by atoms with Crippen LogP contribution in [0.3, 0.4) is 0 Å². The number of hydrogen-bond acceptors (Lipinski definition) is 5. The maximum absolute atomic E-state index is 11.0. The van der Waals surface area contributed by atoms with Crippen LogP contribution in [0.25, 0.3) is 0 Å². The Hall–Kier alpha value is -3.00. The molecule has 130 valence electrons. The SMILES string of the molecule is C/C(=N/NC(=S)Nc1ccccc1[N+](=O)[O-])c1ccc(N(C)C)cc1. The maximum atomic E-state index is 11.0. The van der Waals surface area contributed by atoms with Gasteiger partial charge in [0.05, 0.1) is 10.6 Å². The molecule has 2 aromatic carbocycles. The number of nitro groups is 1. The summed E-state index contributed by atoms with van der Waals surface area (Å²) in [5, 5.41) is 18.2. The highest BCUT2D eigenvalue weighted by atomic mass is 32.1. The average molecular weight is 357 g/mol. The quantitative estimate of drug-likeness (QED) is 0.369. The molecule has 8 heteroatoms. The molecule has 0 radical (unpaired) electrons. The van der Waals surface area contributed by atoms with Gasteiger partial charge in [0.1, 0.15) is 5.69 Å². The van der Waals surface area contributed by atoms with Gasteiger partial charge in [-0.2, -0.15) is 5.10 Å². The van der Waals surface area contributed by atoms with E-state index in [9.17, 15) is 10.1 Å². The second-order valence-electron chi connectivity index (χ2n) is 5.48. The monoisotopic (exact) mass is 357 g/mol. The van der Waals surface area contributed by atoms with Crippen molar-refractivity contribution in [1.82, 2.24) is 5.43 Å². The van der Waals surface area contributed by atoms with E-state index in [1.54, 1.807) is 18.2 Å². The zero-order valence-electron chi connectivity index (χ0n) is 14.2. The molecule has 0 aromatic heterocycles. The molecule has 0 saturated carbocycles. The molecule has 0 fully saturated rings. The van der Waals surface area contributed by atoms with Gasteiger partial charge in [-0.25, -0.2) is 0 Å². The van der Waals surface area contributed by atoms with Crippen LogP contribution in [0.1, 0.15) is 12.5 Å². The molecule has 0 spiro atoms. The van der Waals surface area contributed by atoms with Crippen LogP contribution in [0.5, 0.6) is 0 Å². The van der Waals surface area contributed by atoms with Gasteiger partial charge in [0, 0.05) is 25.8 Å². The highest BCUT2D eigenvalue weighted by Crippen LogP contribution is 2.22. The highest BCUT2D eigenvalue weighted by molar-refractivity contribution is 7.80. The van der Waals surface area contributed by atoms with Gasteiger partial charge in [-0.1, -0.05) is 24.3 Å². The van der Waals surface area contributed by atoms with Crippen molar-refractivity contribution >= 4 is 40.1 Å². The lowest BCUT2D eigenvalue weighted by atomic mass is 10.1. The van der Waals surface area contributed by atoms with E-state index in [1.165, 1.54) is 6.07 Å². The van der Waals surface area contributed by atoms with E-state index in [-0.39, 0.29) is 10.8 Å². The maximum Gasteiger partial charge on any atom is 0.292 e. The molecule has 2 aromatic rings. The molecular formula is C17H19N5O2S. The summed E-state index contributed by atoms with van der Waals surface area (Å²) in [5.41, 5.74) is 5.77. The van der Waals surface area contributed by atoms with E-state index in [1.807, 2.05) is 50.2 Å². The van der Waals surface area contributed by atoms with Gasteiger partial charge in [-0.3, -0.25) is 15.5 Å². The Kier molecular flexibility index (Phi) is 6.02. The van der Waals surface area contributed by atoms with Gasteiger partial charge < -0.3 is 10.2 Å². The predicted octanol–water partition coefficient (Wildman–Crippen LogP) is 3.37. The third-order valence-electron chi connectivity index (χ3n) is 3.48. The lowest BCUT2D eigenvalue weighted by molar-refractivity contribution is -0.383. The zero-order valence-corrected chi connectivity index (χ0v) is 15.0. The Balaban J connectivity index is 2.03. The fourth-order valence-corrected chi connectivity index (χ4v) is 2.24. The fourth-order valence-electron chi connectivity index (χ4n) is 2.09. The molecule has 2 rings (SSSR count). The van der Waals surface area contributed by atoms with Crippen molar-refractivity contribution in [2.24, 2.45) is 5.10 Å². The Labute approximate surface area is 151 Å². The number of nitro benzene ring substituents is 1. The van der Waals surface area contributed by atoms with Crippen LogP contribution >= 0.6 is 12.2 Å². The second-order valence-corrected chi connectivity index (χ2v) is 5.89. The number of hydrazone groups is 1. The van der Waals surface area contributed by atoms with Crippen LogP contribution in [-0.4, -0.2) is 29.8 Å². The molecule has 7 nitrogen and oxygen atoms in total. The summed E-state index contributed by atoms with van der Waals surface area (Å²) < 4.78 is 0. The van der Waals surface area contributed by atoms with E-state index in [0.29, 0.717) is 5.69 Å². The van der Waals surface area contributed by atoms with Crippen molar-refractivity contribution in [3.8, 4) is 0 Å². The standard InChI is InChI=1S/C17H19N5O2S/c1-12(13-8-10-14(11-9-13)21(2)3)19-20-17(25)18-15-6-4-5-7-16(15)22(23)24/h4-11H,1-3H3,(H2,18,20,25)/b19-12-. The molecule has 2 N–H and O–H groups in total. The largest absolute Gasteiger partial charge is 0.378 e. The number of nitrogens with one attached hydrogen (secondary N) is 2. The summed E-state index contributed by atoms with van der Waals surface area (Å²) in [5.74, 6) is 0. The number of anilines is 2. The summed E-state index contributed by atoms with van der Waals surface area (Å²) >= 11 is 5.15. The van der Waals surface area contributed by atoms with Crippen LogP contribution in [0.2, 0.25) is 0 Å². The Morgan fingerprint density at radius 2 is 1.80 bits per heavy atom. The van der Waals surface area contributed by atoms with Gasteiger partial charge >= 0.3 is 0 Å². The molecule has 0 unspecified atom stereocenters. The molecule has 0 atom stereocenters. The Bertz CT molecular complexity index is 803. The van der Waals surface area contributed by atoms with Gasteiger partial charge in [-0.15, -0.1) is 0 Å². The summed E-state index contributed by atoms with van der Waals surface area (Å²) in [6.45, 7) is 1.85. The van der Waals surface area contributed by atoms with Crippen molar-refractivity contribution in [1.29, 1.82) is 0 Å². The zero-order chi connectivity index (χ0) is 18.4. The molecule has 0 aliphatic rings. The lowest BCUT2D eigenvalue weighted by Crippen LogP contribution is -2.25. The highest BCUT2D eigenvalue weighted by Gasteiger charge is 2.12. The van der Waals surface area contributed by atoms with E-state index in [2.05, 4.69) is 15.8 Å². The van der Waals surface area contributed by atoms with E-state index < -0.39 is 4.92 Å². The van der Waals surface area contributed by atoms with Crippen LogP contribution in [0.15, 0.2) is 53.6 Å². The topological polar surface area (TPSA) is 82.8 Å². The Morgan fingerprint density at radius 3 is 2.40 bits per heavy atom. The summed E-state index contributed by atoms with van der Waals surface area (Å²) in [7, 11) is 3.95. The minimum Gasteiger partial charge on any atom is -0.378 e. The third-order valence-corrected chi connectivity index (χ3v) is 3.67. The molecule has 25 heavy (non-hydrogen) atoms. The van der Waals surface area contributed by atoms with Crippen molar-refractivity contribution in [3.05, 3.63) is 64.2 Å². The van der Waals surface area contributed by atoms with Crippen LogP contribution < -0.4 is 15.6 Å². The molecule has 0 amide bonds. The van der Waals surface area contributed by atoms with E-state index in [4.69, 9.17) is 12.2 Å².